The molecule has 0 spiro atoms. The van der Waals surface area contributed by atoms with Crippen LogP contribution >= 0.6 is 0 Å². The van der Waals surface area contributed by atoms with Gasteiger partial charge >= 0.3 is 6.18 Å². The fourth-order valence-corrected chi connectivity index (χ4v) is 1.85. The van der Waals surface area contributed by atoms with Crippen LogP contribution in [0.3, 0.4) is 0 Å². The molecule has 0 radical (unpaired) electrons. The molecule has 2 nitrogen and oxygen atoms in total. The molecule has 1 aromatic heterocycles. The van der Waals surface area contributed by atoms with Crippen molar-refractivity contribution in [1.29, 1.82) is 0 Å². The highest BCUT2D eigenvalue weighted by Crippen LogP contribution is 2.33. The van der Waals surface area contributed by atoms with Crippen molar-refractivity contribution in [3.63, 3.8) is 0 Å². The van der Waals surface area contributed by atoms with Crippen LogP contribution in [0.25, 0.3) is 0 Å². The maximum absolute atomic E-state index is 12.4. The van der Waals surface area contributed by atoms with Gasteiger partial charge < -0.3 is 5.11 Å². The fraction of sp³-hybridized carbons (Fsp3) is 0.308. The SMILES string of the molecule is OC(c1cncc(C2C=CC=CC2)c1)C(F)(F)F. The Morgan fingerprint density at radius 2 is 2.06 bits per heavy atom. The van der Waals surface area contributed by atoms with E-state index in [0.717, 1.165) is 12.6 Å². The van der Waals surface area contributed by atoms with E-state index < -0.39 is 12.3 Å². The molecular formula is C13H12F3NO. The van der Waals surface area contributed by atoms with E-state index in [0.29, 0.717) is 5.56 Å². The number of aromatic nitrogens is 1. The van der Waals surface area contributed by atoms with Gasteiger partial charge in [-0.2, -0.15) is 13.2 Å². The average molecular weight is 255 g/mol. The van der Waals surface area contributed by atoms with Crippen LogP contribution in [-0.4, -0.2) is 16.3 Å². The van der Waals surface area contributed by atoms with Crippen LogP contribution in [-0.2, 0) is 0 Å². The summed E-state index contributed by atoms with van der Waals surface area (Å²) in [7, 11) is 0. The third-order valence-electron chi connectivity index (χ3n) is 2.82. The molecule has 1 heterocycles. The van der Waals surface area contributed by atoms with Crippen molar-refractivity contribution in [2.45, 2.75) is 24.6 Å². The van der Waals surface area contributed by atoms with Gasteiger partial charge in [0.1, 0.15) is 0 Å². The summed E-state index contributed by atoms with van der Waals surface area (Å²) in [6, 6.07) is 1.36. The maximum Gasteiger partial charge on any atom is 0.418 e. The standard InChI is InChI=1S/C13H12F3NO/c14-13(15,16)12(18)11-6-10(7-17-8-11)9-4-2-1-3-5-9/h1-4,6-9,12,18H,5H2. The Balaban J connectivity index is 2.25. The summed E-state index contributed by atoms with van der Waals surface area (Å²) in [6.45, 7) is 0. The molecule has 0 fully saturated rings. The van der Waals surface area contributed by atoms with E-state index in [9.17, 15) is 18.3 Å². The molecule has 1 aromatic rings. The lowest BCUT2D eigenvalue weighted by Crippen LogP contribution is -2.20. The maximum atomic E-state index is 12.4. The first-order valence-electron chi connectivity index (χ1n) is 5.51. The van der Waals surface area contributed by atoms with Crippen LogP contribution in [0.15, 0.2) is 42.8 Å². The minimum atomic E-state index is -4.66. The molecule has 2 rings (SSSR count). The third-order valence-corrected chi connectivity index (χ3v) is 2.82. The number of aliphatic hydroxyl groups excluding tert-OH is 1. The van der Waals surface area contributed by atoms with Gasteiger partial charge in [0.25, 0.3) is 0 Å². The molecule has 2 atom stereocenters. The number of nitrogens with zero attached hydrogens (tertiary/aromatic N) is 1. The highest BCUT2D eigenvalue weighted by Gasteiger charge is 2.39. The Kier molecular flexibility index (Phi) is 3.52. The van der Waals surface area contributed by atoms with E-state index in [1.165, 1.54) is 12.3 Å². The Hall–Kier alpha value is -1.62. The minimum Gasteiger partial charge on any atom is -0.379 e. The van der Waals surface area contributed by atoms with E-state index in [2.05, 4.69) is 4.98 Å². The lowest BCUT2D eigenvalue weighted by molar-refractivity contribution is -0.206. The van der Waals surface area contributed by atoms with Gasteiger partial charge in [-0.25, -0.2) is 0 Å². The van der Waals surface area contributed by atoms with Crippen LogP contribution in [0.1, 0.15) is 29.6 Å². The summed E-state index contributed by atoms with van der Waals surface area (Å²) >= 11 is 0. The summed E-state index contributed by atoms with van der Waals surface area (Å²) in [6.07, 6.45) is 3.74. The zero-order chi connectivity index (χ0) is 13.2. The number of hydrogen-bond donors (Lipinski definition) is 1. The molecular weight excluding hydrogens is 243 g/mol. The summed E-state index contributed by atoms with van der Waals surface area (Å²) in [5.41, 5.74) is 0.458. The quantitative estimate of drug-likeness (QED) is 0.879. The largest absolute Gasteiger partial charge is 0.418 e. The molecule has 5 heteroatoms. The zero-order valence-corrected chi connectivity index (χ0v) is 9.43. The molecule has 0 saturated heterocycles. The number of hydrogen-bond acceptors (Lipinski definition) is 2. The fourth-order valence-electron chi connectivity index (χ4n) is 1.85. The molecule has 0 aliphatic heterocycles. The number of allylic oxidation sites excluding steroid dienone is 4. The van der Waals surface area contributed by atoms with Crippen LogP contribution < -0.4 is 0 Å². The molecule has 0 saturated carbocycles. The van der Waals surface area contributed by atoms with E-state index in [-0.39, 0.29) is 11.5 Å². The van der Waals surface area contributed by atoms with Gasteiger partial charge in [-0.1, -0.05) is 24.3 Å². The summed E-state index contributed by atoms with van der Waals surface area (Å²) in [5.74, 6) is 0.0166. The van der Waals surface area contributed by atoms with Gasteiger partial charge in [-0.05, 0) is 18.1 Å². The second kappa shape index (κ2) is 4.94. The average Bonchev–Trinajstić information content (AvgIpc) is 2.38. The van der Waals surface area contributed by atoms with Crippen molar-refractivity contribution < 1.29 is 18.3 Å². The Labute approximate surface area is 102 Å². The molecule has 96 valence electrons. The van der Waals surface area contributed by atoms with Gasteiger partial charge in [-0.3, -0.25) is 4.98 Å². The Morgan fingerprint density at radius 1 is 1.28 bits per heavy atom. The molecule has 0 amide bonds. The highest BCUT2D eigenvalue weighted by atomic mass is 19.4. The summed E-state index contributed by atoms with van der Waals surface area (Å²) in [5, 5.41) is 9.18. The number of aliphatic hydroxyl groups is 1. The lowest BCUT2D eigenvalue weighted by atomic mass is 9.92. The zero-order valence-electron chi connectivity index (χ0n) is 9.43. The first kappa shape index (κ1) is 12.8. The number of alkyl halides is 3. The third kappa shape index (κ3) is 2.79. The van der Waals surface area contributed by atoms with Crippen molar-refractivity contribution in [1.82, 2.24) is 4.98 Å². The van der Waals surface area contributed by atoms with Crippen molar-refractivity contribution in [2.75, 3.05) is 0 Å². The Morgan fingerprint density at radius 3 is 2.67 bits per heavy atom. The first-order chi connectivity index (χ1) is 8.48. The predicted octanol–water partition coefficient (Wildman–Crippen LogP) is 3.28. The molecule has 0 aromatic carbocycles. The van der Waals surface area contributed by atoms with Gasteiger partial charge in [-0.15, -0.1) is 0 Å². The van der Waals surface area contributed by atoms with E-state index in [4.69, 9.17) is 0 Å². The van der Waals surface area contributed by atoms with Gasteiger partial charge in [0.2, 0.25) is 0 Å². The first-order valence-corrected chi connectivity index (χ1v) is 5.51. The van der Waals surface area contributed by atoms with E-state index >= 15 is 0 Å². The molecule has 18 heavy (non-hydrogen) atoms. The number of pyridine rings is 1. The molecule has 2 unspecified atom stereocenters. The topological polar surface area (TPSA) is 33.1 Å². The van der Waals surface area contributed by atoms with Gasteiger partial charge in [0, 0.05) is 23.9 Å². The van der Waals surface area contributed by atoms with Crippen molar-refractivity contribution >= 4 is 0 Å². The summed E-state index contributed by atoms with van der Waals surface area (Å²) < 4.78 is 37.2. The van der Waals surface area contributed by atoms with Crippen molar-refractivity contribution in [2.24, 2.45) is 0 Å². The highest BCUT2D eigenvalue weighted by molar-refractivity contribution is 5.30. The number of rotatable bonds is 2. The minimum absolute atomic E-state index is 0.0166. The smallest absolute Gasteiger partial charge is 0.379 e. The van der Waals surface area contributed by atoms with Gasteiger partial charge in [0.15, 0.2) is 6.10 Å². The second-order valence-corrected chi connectivity index (χ2v) is 4.15. The molecule has 1 aliphatic carbocycles. The molecule has 1 aliphatic rings. The number of halogens is 3. The van der Waals surface area contributed by atoms with Crippen LogP contribution in [0.2, 0.25) is 0 Å². The Bertz CT molecular complexity index is 479. The monoisotopic (exact) mass is 255 g/mol. The second-order valence-electron chi connectivity index (χ2n) is 4.15. The molecule has 0 bridgehead atoms. The lowest BCUT2D eigenvalue weighted by Gasteiger charge is -2.17. The van der Waals surface area contributed by atoms with Crippen LogP contribution in [0.5, 0.6) is 0 Å². The van der Waals surface area contributed by atoms with Crippen molar-refractivity contribution in [3.05, 3.63) is 53.9 Å². The predicted molar refractivity (Wildman–Crippen MR) is 60.9 cm³/mol. The normalized spacial score (nSPS) is 21.0. The van der Waals surface area contributed by atoms with Crippen LogP contribution in [0.4, 0.5) is 13.2 Å². The summed E-state index contributed by atoms with van der Waals surface area (Å²) in [4.78, 5) is 3.78. The van der Waals surface area contributed by atoms with Crippen LogP contribution in [0, 0.1) is 0 Å². The van der Waals surface area contributed by atoms with Crippen molar-refractivity contribution in [3.8, 4) is 0 Å². The van der Waals surface area contributed by atoms with E-state index in [1.807, 2.05) is 24.3 Å². The van der Waals surface area contributed by atoms with Gasteiger partial charge in [0.05, 0.1) is 0 Å². The van der Waals surface area contributed by atoms with E-state index in [1.54, 1.807) is 0 Å². The molecule has 1 N–H and O–H groups in total.